The molecule has 0 radical (unpaired) electrons. The quantitative estimate of drug-likeness (QED) is 0.806. The lowest BCUT2D eigenvalue weighted by Gasteiger charge is -2.17. The molecule has 2 unspecified atom stereocenters. The Hall–Kier alpha value is -1.28. The number of rotatable bonds is 5. The van der Waals surface area contributed by atoms with Crippen LogP contribution < -0.4 is 5.32 Å². The van der Waals surface area contributed by atoms with Crippen LogP contribution in [0.5, 0.6) is 0 Å². The first-order valence-corrected chi connectivity index (χ1v) is 6.51. The van der Waals surface area contributed by atoms with Gasteiger partial charge in [0.1, 0.15) is 0 Å². The largest absolute Gasteiger partial charge is 0.361 e. The minimum Gasteiger partial charge on any atom is -0.361 e. The van der Waals surface area contributed by atoms with Crippen LogP contribution in [0.25, 0.3) is 10.9 Å². The van der Waals surface area contributed by atoms with E-state index in [1.54, 1.807) is 0 Å². The van der Waals surface area contributed by atoms with Crippen LogP contribution in [0.3, 0.4) is 0 Å². The molecule has 0 saturated carbocycles. The van der Waals surface area contributed by atoms with Crippen LogP contribution >= 0.6 is 0 Å². The Balaban J connectivity index is 2.16. The molecule has 2 N–H and O–H groups in total. The first kappa shape index (κ1) is 12.2. The predicted octanol–water partition coefficient (Wildman–Crippen LogP) is 3.66. The van der Waals surface area contributed by atoms with E-state index in [2.05, 4.69) is 61.5 Å². The van der Waals surface area contributed by atoms with Crippen LogP contribution in [0.4, 0.5) is 0 Å². The van der Waals surface area contributed by atoms with Crippen molar-refractivity contribution in [3.8, 4) is 0 Å². The number of fused-ring (bicyclic) bond motifs is 1. The van der Waals surface area contributed by atoms with Crippen LogP contribution in [-0.2, 0) is 0 Å². The number of para-hydroxylation sites is 1. The maximum Gasteiger partial charge on any atom is 0.0456 e. The average Bonchev–Trinajstić information content (AvgIpc) is 2.72. The predicted molar refractivity (Wildman–Crippen MR) is 74.5 cm³/mol. The van der Waals surface area contributed by atoms with Gasteiger partial charge in [-0.25, -0.2) is 0 Å². The van der Waals surface area contributed by atoms with Gasteiger partial charge in [-0.15, -0.1) is 0 Å². The van der Waals surface area contributed by atoms with E-state index in [0.29, 0.717) is 12.0 Å². The monoisotopic (exact) mass is 230 g/mol. The standard InChI is InChI=1S/C15H22N2/c1-4-16-12(3)9-11(2)14-10-17-15-8-6-5-7-13(14)15/h5-8,10-12,16-17H,4,9H2,1-3H3. The molecule has 17 heavy (non-hydrogen) atoms. The van der Waals surface area contributed by atoms with E-state index in [0.717, 1.165) is 6.54 Å². The van der Waals surface area contributed by atoms with Crippen LogP contribution in [-0.4, -0.2) is 17.6 Å². The Morgan fingerprint density at radius 1 is 1.24 bits per heavy atom. The number of aromatic amines is 1. The van der Waals surface area contributed by atoms with E-state index in [4.69, 9.17) is 0 Å². The highest BCUT2D eigenvalue weighted by Gasteiger charge is 2.13. The fraction of sp³-hybridized carbons (Fsp3) is 0.467. The zero-order chi connectivity index (χ0) is 12.3. The number of benzene rings is 1. The zero-order valence-corrected chi connectivity index (χ0v) is 11.0. The topological polar surface area (TPSA) is 27.8 Å². The molecular weight excluding hydrogens is 208 g/mol. The summed E-state index contributed by atoms with van der Waals surface area (Å²) in [6.45, 7) is 7.77. The van der Waals surface area contributed by atoms with Gasteiger partial charge in [-0.2, -0.15) is 0 Å². The third kappa shape index (κ3) is 2.70. The molecule has 0 bridgehead atoms. The molecular formula is C15H22N2. The van der Waals surface area contributed by atoms with Crippen LogP contribution in [0.15, 0.2) is 30.5 Å². The minimum absolute atomic E-state index is 0.573. The van der Waals surface area contributed by atoms with Gasteiger partial charge >= 0.3 is 0 Å². The fourth-order valence-electron chi connectivity index (χ4n) is 2.59. The maximum absolute atomic E-state index is 3.48. The second kappa shape index (κ2) is 5.37. The highest BCUT2D eigenvalue weighted by molar-refractivity contribution is 5.83. The maximum atomic E-state index is 3.48. The molecule has 2 heteroatoms. The molecule has 2 aromatic rings. The van der Waals surface area contributed by atoms with E-state index in [1.165, 1.54) is 22.9 Å². The highest BCUT2D eigenvalue weighted by Crippen LogP contribution is 2.28. The van der Waals surface area contributed by atoms with Gasteiger partial charge in [0.2, 0.25) is 0 Å². The Labute approximate surface area is 103 Å². The third-order valence-corrected chi connectivity index (χ3v) is 3.41. The van der Waals surface area contributed by atoms with Crippen LogP contribution in [0.1, 0.15) is 38.7 Å². The molecule has 1 aromatic carbocycles. The van der Waals surface area contributed by atoms with Gasteiger partial charge in [0.15, 0.2) is 0 Å². The number of H-pyrrole nitrogens is 1. The first-order valence-electron chi connectivity index (χ1n) is 6.51. The van der Waals surface area contributed by atoms with Crippen molar-refractivity contribution < 1.29 is 0 Å². The summed E-state index contributed by atoms with van der Waals surface area (Å²) in [5, 5.41) is 4.84. The smallest absolute Gasteiger partial charge is 0.0456 e. The molecule has 2 atom stereocenters. The Morgan fingerprint density at radius 3 is 2.76 bits per heavy atom. The molecule has 92 valence electrons. The molecule has 1 aromatic heterocycles. The molecule has 0 aliphatic heterocycles. The van der Waals surface area contributed by atoms with Crippen molar-refractivity contribution >= 4 is 10.9 Å². The summed E-state index contributed by atoms with van der Waals surface area (Å²) in [4.78, 5) is 3.35. The van der Waals surface area contributed by atoms with Crippen molar-refractivity contribution in [1.82, 2.24) is 10.3 Å². The lowest BCUT2D eigenvalue weighted by Crippen LogP contribution is -2.26. The molecule has 0 fully saturated rings. The lowest BCUT2D eigenvalue weighted by molar-refractivity contribution is 0.492. The first-order chi connectivity index (χ1) is 8.22. The minimum atomic E-state index is 0.573. The second-order valence-electron chi connectivity index (χ2n) is 4.89. The number of hydrogen-bond acceptors (Lipinski definition) is 1. The molecule has 2 rings (SSSR count). The van der Waals surface area contributed by atoms with Crippen molar-refractivity contribution in [2.75, 3.05) is 6.54 Å². The molecule has 0 saturated heterocycles. The van der Waals surface area contributed by atoms with Crippen LogP contribution in [0, 0.1) is 0 Å². The van der Waals surface area contributed by atoms with Gasteiger partial charge in [0.25, 0.3) is 0 Å². The van der Waals surface area contributed by atoms with Gasteiger partial charge < -0.3 is 10.3 Å². The van der Waals surface area contributed by atoms with Gasteiger partial charge in [-0.3, -0.25) is 0 Å². The Kier molecular flexibility index (Phi) is 3.85. The van der Waals surface area contributed by atoms with Crippen molar-refractivity contribution in [1.29, 1.82) is 0 Å². The van der Waals surface area contributed by atoms with Crippen LogP contribution in [0.2, 0.25) is 0 Å². The van der Waals surface area contributed by atoms with Crippen molar-refractivity contribution in [3.05, 3.63) is 36.0 Å². The summed E-state index contributed by atoms with van der Waals surface area (Å²) >= 11 is 0. The summed E-state index contributed by atoms with van der Waals surface area (Å²) in [5.41, 5.74) is 2.68. The molecule has 2 nitrogen and oxygen atoms in total. The van der Waals surface area contributed by atoms with Gasteiger partial charge in [0.05, 0.1) is 0 Å². The third-order valence-electron chi connectivity index (χ3n) is 3.41. The SMILES string of the molecule is CCNC(C)CC(C)c1c[nH]c2ccccc12. The second-order valence-corrected chi connectivity index (χ2v) is 4.89. The Bertz CT molecular complexity index is 472. The van der Waals surface area contributed by atoms with Gasteiger partial charge in [-0.05, 0) is 37.4 Å². The van der Waals surface area contributed by atoms with E-state index in [1.807, 2.05) is 0 Å². The fourth-order valence-corrected chi connectivity index (χ4v) is 2.59. The molecule has 0 aliphatic rings. The van der Waals surface area contributed by atoms with E-state index >= 15 is 0 Å². The molecule has 0 amide bonds. The molecule has 0 spiro atoms. The van der Waals surface area contributed by atoms with Gasteiger partial charge in [0, 0.05) is 23.1 Å². The Morgan fingerprint density at radius 2 is 2.00 bits per heavy atom. The summed E-state index contributed by atoms with van der Waals surface area (Å²) in [6.07, 6.45) is 3.34. The van der Waals surface area contributed by atoms with E-state index in [9.17, 15) is 0 Å². The summed E-state index contributed by atoms with van der Waals surface area (Å²) in [5.74, 6) is 0.584. The highest BCUT2D eigenvalue weighted by atomic mass is 14.9. The van der Waals surface area contributed by atoms with Crippen molar-refractivity contribution in [2.24, 2.45) is 0 Å². The zero-order valence-electron chi connectivity index (χ0n) is 11.0. The number of hydrogen-bond donors (Lipinski definition) is 2. The summed E-state index contributed by atoms with van der Waals surface area (Å²) in [7, 11) is 0. The normalized spacial score (nSPS) is 15.0. The van der Waals surface area contributed by atoms with E-state index in [-0.39, 0.29) is 0 Å². The van der Waals surface area contributed by atoms with E-state index < -0.39 is 0 Å². The average molecular weight is 230 g/mol. The van der Waals surface area contributed by atoms with Gasteiger partial charge in [-0.1, -0.05) is 32.0 Å². The summed E-state index contributed by atoms with van der Waals surface area (Å²) in [6, 6.07) is 9.10. The summed E-state index contributed by atoms with van der Waals surface area (Å²) < 4.78 is 0. The number of aromatic nitrogens is 1. The number of nitrogens with one attached hydrogen (secondary N) is 2. The molecule has 1 heterocycles. The molecule has 0 aliphatic carbocycles. The lowest BCUT2D eigenvalue weighted by atomic mass is 9.94. The van der Waals surface area contributed by atoms with Crippen molar-refractivity contribution in [3.63, 3.8) is 0 Å². The van der Waals surface area contributed by atoms with Crippen molar-refractivity contribution in [2.45, 2.75) is 39.2 Å².